The van der Waals surface area contributed by atoms with E-state index in [2.05, 4.69) is 11.9 Å². The van der Waals surface area contributed by atoms with Gasteiger partial charge in [-0.1, -0.05) is 6.58 Å². The Kier molecular flexibility index (Phi) is 3.65. The molecule has 0 aromatic rings. The van der Waals surface area contributed by atoms with E-state index in [-0.39, 0.29) is 5.57 Å². The molecule has 5 nitrogen and oxygen atoms in total. The second-order valence-corrected chi connectivity index (χ2v) is 3.37. The van der Waals surface area contributed by atoms with Crippen molar-refractivity contribution >= 4 is 16.0 Å². The van der Waals surface area contributed by atoms with Gasteiger partial charge in [-0.15, -0.1) is 0 Å². The minimum absolute atomic E-state index is 0.245. The van der Waals surface area contributed by atoms with Crippen LogP contribution in [0.1, 0.15) is 6.92 Å². The molecule has 6 heteroatoms. The van der Waals surface area contributed by atoms with Crippen LogP contribution in [-0.4, -0.2) is 18.9 Å². The normalized spacial score (nSPS) is 11.5. The Balaban J connectivity index is 4.10. The maximum absolute atomic E-state index is 10.7. The van der Waals surface area contributed by atoms with E-state index < -0.39 is 16.0 Å². The summed E-state index contributed by atoms with van der Waals surface area (Å²) >= 11 is 0. The van der Waals surface area contributed by atoms with Gasteiger partial charge in [-0.25, -0.2) is 0 Å². The van der Waals surface area contributed by atoms with E-state index in [1.807, 2.05) is 0 Å². The third kappa shape index (κ3) is 5.63. The molecule has 0 unspecified atom stereocenters. The summed E-state index contributed by atoms with van der Waals surface area (Å²) in [4.78, 5) is 10.7. The van der Waals surface area contributed by atoms with Crippen LogP contribution in [0.15, 0.2) is 23.8 Å². The van der Waals surface area contributed by atoms with Gasteiger partial charge in [0, 0.05) is 11.8 Å². The van der Waals surface area contributed by atoms with Gasteiger partial charge >= 0.3 is 0 Å². The third-order valence-corrected chi connectivity index (χ3v) is 1.32. The Hall–Kier alpha value is -1.14. The van der Waals surface area contributed by atoms with Gasteiger partial charge < -0.3 is 5.32 Å². The summed E-state index contributed by atoms with van der Waals surface area (Å²) in [6.45, 7) is 4.78. The third-order valence-electron chi connectivity index (χ3n) is 0.842. The number of carbonyl (C=O) groups excluding carboxylic acids is 1. The number of amides is 1. The molecule has 0 saturated heterocycles. The molecule has 1 amide bonds. The highest BCUT2D eigenvalue weighted by atomic mass is 32.2. The lowest BCUT2D eigenvalue weighted by Crippen LogP contribution is -2.17. The summed E-state index contributed by atoms with van der Waals surface area (Å²) in [7, 11) is -4.17. The van der Waals surface area contributed by atoms with Crippen molar-refractivity contribution in [2.45, 2.75) is 6.92 Å². The van der Waals surface area contributed by atoms with E-state index in [0.29, 0.717) is 5.41 Å². The molecule has 0 aliphatic rings. The Morgan fingerprint density at radius 3 is 2.42 bits per heavy atom. The predicted molar refractivity (Wildman–Crippen MR) is 43.6 cm³/mol. The molecule has 0 aromatic heterocycles. The van der Waals surface area contributed by atoms with Crippen LogP contribution >= 0.6 is 0 Å². The lowest BCUT2D eigenvalue weighted by Gasteiger charge is -1.95. The summed E-state index contributed by atoms with van der Waals surface area (Å²) in [5, 5.41) is 2.55. The van der Waals surface area contributed by atoms with Crippen LogP contribution in [0.5, 0.6) is 0 Å². The highest BCUT2D eigenvalue weighted by Gasteiger charge is 1.98. The largest absolute Gasteiger partial charge is 0.328 e. The Morgan fingerprint density at radius 1 is 1.58 bits per heavy atom. The first-order valence-corrected chi connectivity index (χ1v) is 4.43. The van der Waals surface area contributed by atoms with Crippen molar-refractivity contribution in [3.05, 3.63) is 23.8 Å². The van der Waals surface area contributed by atoms with Gasteiger partial charge in [0.15, 0.2) is 0 Å². The first-order valence-electron chi connectivity index (χ1n) is 2.93. The summed E-state index contributed by atoms with van der Waals surface area (Å²) in [5.41, 5.74) is 0.245. The van der Waals surface area contributed by atoms with Gasteiger partial charge in [-0.3, -0.25) is 9.35 Å². The molecule has 0 radical (unpaired) electrons. The van der Waals surface area contributed by atoms with Crippen LogP contribution in [0.3, 0.4) is 0 Å². The molecular formula is C6H9NO4S. The average Bonchev–Trinajstić information content (AvgIpc) is 1.84. The van der Waals surface area contributed by atoms with Crippen LogP contribution in [-0.2, 0) is 14.9 Å². The average molecular weight is 191 g/mol. The van der Waals surface area contributed by atoms with E-state index in [1.54, 1.807) is 0 Å². The Labute approximate surface area is 70.5 Å². The molecule has 0 atom stereocenters. The zero-order valence-electron chi connectivity index (χ0n) is 6.44. The van der Waals surface area contributed by atoms with Gasteiger partial charge in [0.25, 0.3) is 10.1 Å². The quantitative estimate of drug-likeness (QED) is 0.487. The fraction of sp³-hybridized carbons (Fsp3) is 0.167. The van der Waals surface area contributed by atoms with Crippen molar-refractivity contribution in [3.63, 3.8) is 0 Å². The van der Waals surface area contributed by atoms with Crippen molar-refractivity contribution < 1.29 is 17.8 Å². The summed E-state index contributed by atoms with van der Waals surface area (Å²) in [5.74, 6) is -0.505. The Morgan fingerprint density at radius 2 is 2.08 bits per heavy atom. The molecule has 0 saturated carbocycles. The summed E-state index contributed by atoms with van der Waals surface area (Å²) in [6.07, 6.45) is 0.826. The number of rotatable bonds is 3. The maximum atomic E-state index is 10.7. The molecule has 0 aliphatic carbocycles. The summed E-state index contributed by atoms with van der Waals surface area (Å²) in [6, 6.07) is 0. The molecular weight excluding hydrogens is 182 g/mol. The minimum atomic E-state index is -4.17. The summed E-state index contributed by atoms with van der Waals surface area (Å²) < 4.78 is 28.3. The Bertz CT molecular complexity index is 314. The second kappa shape index (κ2) is 4.03. The zero-order valence-corrected chi connectivity index (χ0v) is 7.26. The zero-order chi connectivity index (χ0) is 9.78. The SMILES string of the molecule is C=C(C)C(=O)NC=CS(=O)(=O)O. The number of hydrogen-bond acceptors (Lipinski definition) is 3. The smallest absolute Gasteiger partial charge is 0.289 e. The fourth-order valence-electron chi connectivity index (χ4n) is 0.319. The van der Waals surface area contributed by atoms with Crippen molar-refractivity contribution in [1.29, 1.82) is 0 Å². The minimum Gasteiger partial charge on any atom is -0.328 e. The maximum Gasteiger partial charge on any atom is 0.289 e. The standard InChI is InChI=1S/C6H9NO4S/c1-5(2)6(8)7-3-4-12(9,10)11/h3-4H,1H2,2H3,(H,7,8)(H,9,10,11). The van der Waals surface area contributed by atoms with Crippen molar-refractivity contribution in [2.75, 3.05) is 0 Å². The molecule has 2 N–H and O–H groups in total. The number of hydrogen-bond donors (Lipinski definition) is 2. The van der Waals surface area contributed by atoms with Crippen LogP contribution in [0.4, 0.5) is 0 Å². The molecule has 0 bridgehead atoms. The highest BCUT2D eigenvalue weighted by Crippen LogP contribution is 1.86. The monoisotopic (exact) mass is 191 g/mol. The van der Waals surface area contributed by atoms with E-state index in [4.69, 9.17) is 4.55 Å². The van der Waals surface area contributed by atoms with E-state index in [1.165, 1.54) is 6.92 Å². The van der Waals surface area contributed by atoms with Crippen molar-refractivity contribution in [3.8, 4) is 0 Å². The molecule has 0 fully saturated rings. The van der Waals surface area contributed by atoms with E-state index in [0.717, 1.165) is 6.20 Å². The molecule has 0 aliphatic heterocycles. The fourth-order valence-corrected chi connectivity index (χ4v) is 0.559. The van der Waals surface area contributed by atoms with Crippen LogP contribution in [0.2, 0.25) is 0 Å². The predicted octanol–water partition coefficient (Wildman–Crippen LogP) is 0.0377. The van der Waals surface area contributed by atoms with Gasteiger partial charge in [0.05, 0.1) is 5.41 Å². The van der Waals surface area contributed by atoms with E-state index >= 15 is 0 Å². The lowest BCUT2D eigenvalue weighted by molar-refractivity contribution is -0.116. The molecule has 0 rings (SSSR count). The molecule has 0 spiro atoms. The van der Waals surface area contributed by atoms with Crippen LogP contribution in [0.25, 0.3) is 0 Å². The van der Waals surface area contributed by atoms with Gasteiger partial charge in [0.2, 0.25) is 5.91 Å². The van der Waals surface area contributed by atoms with Crippen molar-refractivity contribution in [2.24, 2.45) is 0 Å². The van der Waals surface area contributed by atoms with Crippen LogP contribution < -0.4 is 5.32 Å². The molecule has 12 heavy (non-hydrogen) atoms. The second-order valence-electron chi connectivity index (χ2n) is 2.07. The lowest BCUT2D eigenvalue weighted by atomic mass is 10.3. The molecule has 0 heterocycles. The topological polar surface area (TPSA) is 83.5 Å². The van der Waals surface area contributed by atoms with E-state index in [9.17, 15) is 13.2 Å². The first kappa shape index (κ1) is 10.9. The first-order chi connectivity index (χ1) is 5.33. The molecule has 68 valence electrons. The number of nitrogens with one attached hydrogen (secondary N) is 1. The number of carbonyl (C=O) groups is 1. The van der Waals surface area contributed by atoms with Gasteiger partial charge in [-0.2, -0.15) is 8.42 Å². The molecule has 0 aromatic carbocycles. The van der Waals surface area contributed by atoms with Crippen LogP contribution in [0, 0.1) is 0 Å². The van der Waals surface area contributed by atoms with Gasteiger partial charge in [0.1, 0.15) is 0 Å². The van der Waals surface area contributed by atoms with Gasteiger partial charge in [-0.05, 0) is 6.92 Å². The van der Waals surface area contributed by atoms with Crippen molar-refractivity contribution in [1.82, 2.24) is 5.32 Å². The highest BCUT2D eigenvalue weighted by molar-refractivity contribution is 7.88.